The van der Waals surface area contributed by atoms with Crippen molar-refractivity contribution in [2.45, 2.75) is 6.42 Å². The summed E-state index contributed by atoms with van der Waals surface area (Å²) in [6.45, 7) is 0. The zero-order valence-electron chi connectivity index (χ0n) is 7.93. The molecule has 0 unspecified atom stereocenters. The molecule has 14 heavy (non-hydrogen) atoms. The van der Waals surface area contributed by atoms with Crippen molar-refractivity contribution in [2.75, 3.05) is 5.84 Å². The van der Waals surface area contributed by atoms with Crippen LogP contribution in [0.5, 0.6) is 0 Å². The van der Waals surface area contributed by atoms with Gasteiger partial charge in [-0.1, -0.05) is 35.0 Å². The van der Waals surface area contributed by atoms with Gasteiger partial charge in [0.2, 0.25) is 5.69 Å². The van der Waals surface area contributed by atoms with Crippen LogP contribution >= 0.6 is 0 Å². The number of hydrogen-bond acceptors (Lipinski definition) is 1. The van der Waals surface area contributed by atoms with Gasteiger partial charge in [0, 0.05) is 12.1 Å². The van der Waals surface area contributed by atoms with Crippen molar-refractivity contribution in [3.8, 4) is 0 Å². The van der Waals surface area contributed by atoms with E-state index in [0.29, 0.717) is 0 Å². The Kier molecular flexibility index (Phi) is 2.45. The minimum atomic E-state index is 0.873. The molecule has 0 aliphatic carbocycles. The zero-order chi connectivity index (χ0) is 9.80. The standard InChI is InChI=1S/C12H13N2/c13-14-9-5-4-8-12(14)10-11-6-2-1-3-7-11/h1-9H,10,13H2/q+1. The molecule has 2 heteroatoms. The molecule has 0 aliphatic heterocycles. The maximum atomic E-state index is 5.79. The Balaban J connectivity index is 2.24. The molecule has 0 atom stereocenters. The van der Waals surface area contributed by atoms with Crippen molar-refractivity contribution in [3.63, 3.8) is 0 Å². The van der Waals surface area contributed by atoms with Gasteiger partial charge in [0.15, 0.2) is 6.20 Å². The molecular formula is C12H13N2+. The van der Waals surface area contributed by atoms with Crippen molar-refractivity contribution in [1.29, 1.82) is 0 Å². The number of hydrogen-bond donors (Lipinski definition) is 1. The number of nitrogen functional groups attached to an aromatic ring is 1. The van der Waals surface area contributed by atoms with Crippen molar-refractivity contribution in [1.82, 2.24) is 0 Å². The normalized spacial score (nSPS) is 10.0. The summed E-state index contributed by atoms with van der Waals surface area (Å²) in [6, 6.07) is 16.3. The summed E-state index contributed by atoms with van der Waals surface area (Å²) in [5, 5.41) is 0. The van der Waals surface area contributed by atoms with Gasteiger partial charge in [0.25, 0.3) is 0 Å². The minimum Gasteiger partial charge on any atom is -0.205 e. The van der Waals surface area contributed by atoms with E-state index in [0.717, 1.165) is 12.1 Å². The molecule has 1 aromatic carbocycles. The van der Waals surface area contributed by atoms with Gasteiger partial charge >= 0.3 is 0 Å². The quantitative estimate of drug-likeness (QED) is 0.554. The second-order valence-corrected chi connectivity index (χ2v) is 3.26. The van der Waals surface area contributed by atoms with E-state index in [9.17, 15) is 0 Å². The van der Waals surface area contributed by atoms with E-state index >= 15 is 0 Å². The number of benzene rings is 1. The second kappa shape index (κ2) is 3.92. The van der Waals surface area contributed by atoms with Gasteiger partial charge in [-0.15, -0.1) is 0 Å². The monoisotopic (exact) mass is 185 g/mol. The first-order chi connectivity index (χ1) is 6.86. The predicted octanol–water partition coefficient (Wildman–Crippen LogP) is 1.28. The molecule has 0 bridgehead atoms. The van der Waals surface area contributed by atoms with Gasteiger partial charge < -0.3 is 0 Å². The molecule has 2 N–H and O–H groups in total. The van der Waals surface area contributed by atoms with Crippen molar-refractivity contribution >= 4 is 0 Å². The minimum absolute atomic E-state index is 0.873. The van der Waals surface area contributed by atoms with E-state index in [4.69, 9.17) is 5.84 Å². The van der Waals surface area contributed by atoms with E-state index in [1.807, 2.05) is 42.6 Å². The Labute approximate surface area is 83.6 Å². The fraction of sp³-hybridized carbons (Fsp3) is 0.0833. The SMILES string of the molecule is N[n+]1ccccc1Cc1ccccc1. The molecule has 0 fully saturated rings. The Morgan fingerprint density at radius 1 is 0.929 bits per heavy atom. The number of rotatable bonds is 2. The van der Waals surface area contributed by atoms with Crippen molar-refractivity contribution < 1.29 is 4.68 Å². The average molecular weight is 185 g/mol. The van der Waals surface area contributed by atoms with Crippen LogP contribution in [0.3, 0.4) is 0 Å². The van der Waals surface area contributed by atoms with Gasteiger partial charge in [0.05, 0.1) is 6.42 Å². The summed E-state index contributed by atoms with van der Waals surface area (Å²) in [7, 11) is 0. The van der Waals surface area contributed by atoms with Crippen LogP contribution in [0.2, 0.25) is 0 Å². The van der Waals surface area contributed by atoms with Crippen LogP contribution in [-0.4, -0.2) is 0 Å². The Bertz CT molecular complexity index is 410. The maximum Gasteiger partial charge on any atom is 0.215 e. The second-order valence-electron chi connectivity index (χ2n) is 3.26. The summed E-state index contributed by atoms with van der Waals surface area (Å²) >= 11 is 0. The Morgan fingerprint density at radius 2 is 1.64 bits per heavy atom. The lowest BCUT2D eigenvalue weighted by molar-refractivity contribution is -0.646. The summed E-state index contributed by atoms with van der Waals surface area (Å²) in [5.74, 6) is 5.79. The third-order valence-corrected chi connectivity index (χ3v) is 2.21. The molecular weight excluding hydrogens is 172 g/mol. The van der Waals surface area contributed by atoms with E-state index in [1.54, 1.807) is 4.68 Å². The highest BCUT2D eigenvalue weighted by Gasteiger charge is 2.05. The molecule has 0 aliphatic rings. The average Bonchev–Trinajstić information content (AvgIpc) is 2.23. The first-order valence-corrected chi connectivity index (χ1v) is 4.65. The van der Waals surface area contributed by atoms with Gasteiger partial charge in [-0.25, -0.2) is 5.84 Å². The highest BCUT2D eigenvalue weighted by Crippen LogP contribution is 2.04. The van der Waals surface area contributed by atoms with Crippen LogP contribution < -0.4 is 10.5 Å². The smallest absolute Gasteiger partial charge is 0.205 e. The number of nitrogens with zero attached hydrogens (tertiary/aromatic N) is 1. The van der Waals surface area contributed by atoms with Crippen molar-refractivity contribution in [3.05, 3.63) is 66.0 Å². The van der Waals surface area contributed by atoms with Gasteiger partial charge in [-0.3, -0.25) is 0 Å². The first-order valence-electron chi connectivity index (χ1n) is 4.65. The first kappa shape index (κ1) is 8.75. The van der Waals surface area contributed by atoms with Crippen LogP contribution in [0.4, 0.5) is 0 Å². The van der Waals surface area contributed by atoms with Crippen LogP contribution in [0.1, 0.15) is 11.3 Å². The largest absolute Gasteiger partial charge is 0.215 e. The lowest BCUT2D eigenvalue weighted by Crippen LogP contribution is -2.47. The van der Waals surface area contributed by atoms with Gasteiger partial charge in [0.1, 0.15) is 0 Å². The number of pyridine rings is 1. The fourth-order valence-electron chi connectivity index (χ4n) is 1.45. The fourth-order valence-corrected chi connectivity index (χ4v) is 1.45. The Morgan fingerprint density at radius 3 is 2.36 bits per heavy atom. The summed E-state index contributed by atoms with van der Waals surface area (Å²) in [5.41, 5.74) is 2.39. The molecule has 70 valence electrons. The van der Waals surface area contributed by atoms with Gasteiger partial charge in [-0.05, 0) is 11.6 Å². The van der Waals surface area contributed by atoms with Crippen LogP contribution in [0, 0.1) is 0 Å². The maximum absolute atomic E-state index is 5.79. The summed E-state index contributed by atoms with van der Waals surface area (Å²) in [6.07, 6.45) is 2.73. The van der Waals surface area contributed by atoms with Crippen LogP contribution in [0.15, 0.2) is 54.7 Å². The summed E-state index contributed by atoms with van der Waals surface area (Å²) in [4.78, 5) is 0. The molecule has 0 radical (unpaired) electrons. The van der Waals surface area contributed by atoms with E-state index < -0.39 is 0 Å². The molecule has 0 saturated carbocycles. The molecule has 0 spiro atoms. The molecule has 2 aromatic rings. The predicted molar refractivity (Wildman–Crippen MR) is 56.0 cm³/mol. The molecule has 1 aromatic heterocycles. The molecule has 0 amide bonds. The number of nitrogens with two attached hydrogens (primary N) is 1. The van der Waals surface area contributed by atoms with Crippen molar-refractivity contribution in [2.24, 2.45) is 0 Å². The lowest BCUT2D eigenvalue weighted by atomic mass is 10.1. The highest BCUT2D eigenvalue weighted by molar-refractivity contribution is 5.19. The summed E-state index contributed by atoms with van der Waals surface area (Å²) < 4.78 is 1.66. The molecule has 0 saturated heterocycles. The molecule has 2 nitrogen and oxygen atoms in total. The zero-order valence-corrected chi connectivity index (χ0v) is 7.93. The highest BCUT2D eigenvalue weighted by atomic mass is 15.3. The van der Waals surface area contributed by atoms with E-state index in [1.165, 1.54) is 5.56 Å². The number of aromatic nitrogens is 1. The van der Waals surface area contributed by atoms with Crippen LogP contribution in [-0.2, 0) is 6.42 Å². The van der Waals surface area contributed by atoms with Gasteiger partial charge in [-0.2, -0.15) is 0 Å². The molecule has 1 heterocycles. The Hall–Kier alpha value is -1.83. The van der Waals surface area contributed by atoms with E-state index in [-0.39, 0.29) is 0 Å². The topological polar surface area (TPSA) is 29.9 Å². The third-order valence-electron chi connectivity index (χ3n) is 2.21. The van der Waals surface area contributed by atoms with E-state index in [2.05, 4.69) is 12.1 Å². The van der Waals surface area contributed by atoms with Crippen LogP contribution in [0.25, 0.3) is 0 Å². The lowest BCUT2D eigenvalue weighted by Gasteiger charge is -1.98. The molecule has 2 rings (SSSR count). The third kappa shape index (κ3) is 1.91.